The van der Waals surface area contributed by atoms with Crippen molar-refractivity contribution >= 4 is 38.7 Å². The van der Waals surface area contributed by atoms with Crippen LogP contribution in [0, 0.1) is 13.8 Å². The van der Waals surface area contributed by atoms with Crippen LogP contribution >= 0.6 is 11.3 Å². The molecular formula is C20H21N5O2S. The number of thiophene rings is 1. The maximum absolute atomic E-state index is 12.5. The van der Waals surface area contributed by atoms with Crippen molar-refractivity contribution < 1.29 is 4.42 Å². The van der Waals surface area contributed by atoms with E-state index in [9.17, 15) is 4.79 Å². The molecule has 1 N–H and O–H groups in total. The fourth-order valence-corrected chi connectivity index (χ4v) is 4.73. The number of nitrogens with zero attached hydrogens (tertiary/aromatic N) is 4. The minimum atomic E-state index is -0.0352. The molecule has 4 aromatic rings. The monoisotopic (exact) mass is 395 g/mol. The zero-order chi connectivity index (χ0) is 19.3. The minimum Gasteiger partial charge on any atom is -0.423 e. The first-order valence-corrected chi connectivity index (χ1v) is 10.2. The van der Waals surface area contributed by atoms with Crippen LogP contribution in [0.25, 0.3) is 21.3 Å². The van der Waals surface area contributed by atoms with Crippen molar-refractivity contribution in [2.45, 2.75) is 20.4 Å². The van der Waals surface area contributed by atoms with E-state index in [0.717, 1.165) is 63.8 Å². The van der Waals surface area contributed by atoms with Gasteiger partial charge in [0, 0.05) is 31.1 Å². The Labute approximate surface area is 165 Å². The minimum absolute atomic E-state index is 0.0352. The summed E-state index contributed by atoms with van der Waals surface area (Å²) in [7, 11) is 0. The lowest BCUT2D eigenvalue weighted by Crippen LogP contribution is -2.46. The van der Waals surface area contributed by atoms with E-state index >= 15 is 0 Å². The van der Waals surface area contributed by atoms with Crippen LogP contribution in [-0.4, -0.2) is 46.0 Å². The van der Waals surface area contributed by atoms with Gasteiger partial charge in [-0.2, -0.15) is 4.98 Å². The summed E-state index contributed by atoms with van der Waals surface area (Å²) in [6.45, 7) is 8.05. The molecule has 0 aliphatic carbocycles. The van der Waals surface area contributed by atoms with Crippen molar-refractivity contribution in [3.8, 4) is 0 Å². The largest absolute Gasteiger partial charge is 0.423 e. The Morgan fingerprint density at radius 1 is 1.14 bits per heavy atom. The van der Waals surface area contributed by atoms with Crippen molar-refractivity contribution in [2.24, 2.45) is 0 Å². The van der Waals surface area contributed by atoms with Gasteiger partial charge in [-0.05, 0) is 31.5 Å². The number of aryl methyl sites for hydroxylation is 2. The number of H-pyrrole nitrogens is 1. The molecule has 0 saturated carbocycles. The third-order valence-corrected chi connectivity index (χ3v) is 6.49. The average Bonchev–Trinajstić information content (AvgIpc) is 3.23. The van der Waals surface area contributed by atoms with Gasteiger partial charge in [0.1, 0.15) is 16.2 Å². The molecule has 0 radical (unpaired) electrons. The summed E-state index contributed by atoms with van der Waals surface area (Å²) in [6, 6.07) is 8.50. The summed E-state index contributed by atoms with van der Waals surface area (Å²) in [5.74, 6) is 0.731. The number of benzene rings is 1. The predicted octanol–water partition coefficient (Wildman–Crippen LogP) is 3.06. The van der Waals surface area contributed by atoms with E-state index in [1.807, 2.05) is 38.1 Å². The summed E-state index contributed by atoms with van der Waals surface area (Å²) >= 11 is 1.59. The fraction of sp³-hybridized carbons (Fsp3) is 0.350. The van der Waals surface area contributed by atoms with Gasteiger partial charge >= 0.3 is 0 Å². The van der Waals surface area contributed by atoms with Crippen LogP contribution in [0.3, 0.4) is 0 Å². The van der Waals surface area contributed by atoms with E-state index < -0.39 is 0 Å². The SMILES string of the molecule is Cc1sc2nc(CN3CCN(c4nc5ccccc5o4)CC3)[nH]c(=O)c2c1C. The summed E-state index contributed by atoms with van der Waals surface area (Å²) in [6.07, 6.45) is 0. The molecule has 4 heterocycles. The molecule has 5 rings (SSSR count). The van der Waals surface area contributed by atoms with Gasteiger partial charge in [0.25, 0.3) is 11.6 Å². The van der Waals surface area contributed by atoms with Crippen LogP contribution in [0.15, 0.2) is 33.5 Å². The Bertz CT molecular complexity index is 1180. The summed E-state index contributed by atoms with van der Waals surface area (Å²) in [4.78, 5) is 31.2. The lowest BCUT2D eigenvalue weighted by molar-refractivity contribution is 0.240. The molecule has 3 aromatic heterocycles. The number of piperazine rings is 1. The lowest BCUT2D eigenvalue weighted by Gasteiger charge is -2.33. The van der Waals surface area contributed by atoms with Crippen LogP contribution < -0.4 is 10.5 Å². The molecule has 0 unspecified atom stereocenters. The highest BCUT2D eigenvalue weighted by atomic mass is 32.1. The van der Waals surface area contributed by atoms with Crippen molar-refractivity contribution in [1.82, 2.24) is 19.9 Å². The number of hydrogen-bond donors (Lipinski definition) is 1. The molecule has 7 nitrogen and oxygen atoms in total. The van der Waals surface area contributed by atoms with Gasteiger partial charge in [-0.1, -0.05) is 12.1 Å². The second kappa shape index (κ2) is 6.72. The number of aromatic nitrogens is 3. The maximum atomic E-state index is 12.5. The Morgan fingerprint density at radius 3 is 2.71 bits per heavy atom. The molecule has 1 aliphatic heterocycles. The number of para-hydroxylation sites is 2. The normalized spacial score (nSPS) is 15.7. The zero-order valence-electron chi connectivity index (χ0n) is 15.9. The highest BCUT2D eigenvalue weighted by molar-refractivity contribution is 7.18. The molecular weight excluding hydrogens is 374 g/mol. The molecule has 0 spiro atoms. The first-order valence-electron chi connectivity index (χ1n) is 9.40. The van der Waals surface area contributed by atoms with Crippen LogP contribution in [0.1, 0.15) is 16.3 Å². The molecule has 0 amide bonds. The van der Waals surface area contributed by atoms with E-state index in [4.69, 9.17) is 9.40 Å². The molecule has 144 valence electrons. The van der Waals surface area contributed by atoms with Gasteiger partial charge in [-0.15, -0.1) is 11.3 Å². The number of aromatic amines is 1. The first kappa shape index (κ1) is 17.4. The summed E-state index contributed by atoms with van der Waals surface area (Å²) < 4.78 is 5.88. The highest BCUT2D eigenvalue weighted by Gasteiger charge is 2.22. The standard InChI is InChI=1S/C20H21N5O2S/c1-12-13(2)28-19-17(12)18(26)22-16(23-19)11-24-7-9-25(10-8-24)20-21-14-5-3-4-6-15(14)27-20/h3-6H,7-11H2,1-2H3,(H,22,23,26). The summed E-state index contributed by atoms with van der Waals surface area (Å²) in [5, 5.41) is 0.729. The third kappa shape index (κ3) is 2.98. The smallest absolute Gasteiger partial charge is 0.298 e. The zero-order valence-corrected chi connectivity index (χ0v) is 16.7. The van der Waals surface area contributed by atoms with E-state index in [0.29, 0.717) is 12.6 Å². The Balaban J connectivity index is 1.29. The number of rotatable bonds is 3. The van der Waals surface area contributed by atoms with Crippen LogP contribution in [0.5, 0.6) is 0 Å². The highest BCUT2D eigenvalue weighted by Crippen LogP contribution is 2.26. The average molecular weight is 395 g/mol. The van der Waals surface area contributed by atoms with Crippen molar-refractivity contribution in [3.63, 3.8) is 0 Å². The summed E-state index contributed by atoms with van der Waals surface area (Å²) in [5.41, 5.74) is 2.70. The second-order valence-electron chi connectivity index (χ2n) is 7.20. The Kier molecular flexibility index (Phi) is 4.17. The molecule has 1 saturated heterocycles. The molecule has 8 heteroatoms. The van der Waals surface area contributed by atoms with Gasteiger partial charge in [-0.3, -0.25) is 9.69 Å². The van der Waals surface area contributed by atoms with Crippen molar-refractivity contribution in [3.05, 3.63) is 50.9 Å². The van der Waals surface area contributed by atoms with Gasteiger partial charge in [0.05, 0.1) is 11.9 Å². The molecule has 1 aliphatic rings. The number of oxazole rings is 1. The Morgan fingerprint density at radius 2 is 1.93 bits per heavy atom. The molecule has 0 atom stereocenters. The van der Waals surface area contributed by atoms with Crippen molar-refractivity contribution in [1.29, 1.82) is 0 Å². The van der Waals surface area contributed by atoms with Crippen LogP contribution in [0.4, 0.5) is 6.01 Å². The molecule has 1 aromatic carbocycles. The van der Waals surface area contributed by atoms with Gasteiger partial charge in [-0.25, -0.2) is 4.98 Å². The van der Waals surface area contributed by atoms with E-state index in [2.05, 4.69) is 19.8 Å². The second-order valence-corrected chi connectivity index (χ2v) is 8.41. The lowest BCUT2D eigenvalue weighted by atomic mass is 10.2. The first-order chi connectivity index (χ1) is 13.6. The maximum Gasteiger partial charge on any atom is 0.298 e. The number of anilines is 1. The molecule has 1 fully saturated rings. The van der Waals surface area contributed by atoms with Gasteiger partial charge < -0.3 is 14.3 Å². The van der Waals surface area contributed by atoms with Gasteiger partial charge in [0.15, 0.2) is 5.58 Å². The number of hydrogen-bond acceptors (Lipinski definition) is 7. The predicted molar refractivity (Wildman–Crippen MR) is 111 cm³/mol. The van der Waals surface area contributed by atoms with E-state index in [-0.39, 0.29) is 5.56 Å². The topological polar surface area (TPSA) is 78.3 Å². The van der Waals surface area contributed by atoms with Gasteiger partial charge in [0.2, 0.25) is 0 Å². The van der Waals surface area contributed by atoms with E-state index in [1.165, 1.54) is 0 Å². The third-order valence-electron chi connectivity index (χ3n) is 5.39. The van der Waals surface area contributed by atoms with Crippen LogP contribution in [0.2, 0.25) is 0 Å². The number of nitrogens with one attached hydrogen (secondary N) is 1. The molecule has 28 heavy (non-hydrogen) atoms. The van der Waals surface area contributed by atoms with Crippen molar-refractivity contribution in [2.75, 3.05) is 31.1 Å². The van der Waals surface area contributed by atoms with E-state index in [1.54, 1.807) is 11.3 Å². The van der Waals surface area contributed by atoms with Crippen LogP contribution in [-0.2, 0) is 6.54 Å². The fourth-order valence-electron chi connectivity index (χ4n) is 3.68. The Hall–Kier alpha value is -2.71. The molecule has 0 bridgehead atoms. The quantitative estimate of drug-likeness (QED) is 0.574. The number of fused-ring (bicyclic) bond motifs is 2.